The molecule has 3 heteroatoms. The largest absolute Gasteiger partial charge is 0.353 e. The van der Waals surface area contributed by atoms with Crippen LogP contribution >= 0.6 is 0 Å². The second kappa shape index (κ2) is 7.62. The van der Waals surface area contributed by atoms with Crippen LogP contribution in [-0.4, -0.2) is 18.5 Å². The maximum Gasteiger partial charge on any atom is 0.220 e. The molecule has 0 aliphatic heterocycles. The van der Waals surface area contributed by atoms with Crippen molar-refractivity contribution in [2.75, 3.05) is 6.54 Å². The predicted molar refractivity (Wildman–Crippen MR) is 87.9 cm³/mol. The summed E-state index contributed by atoms with van der Waals surface area (Å²) < 4.78 is 0. The highest BCUT2D eigenvalue weighted by Gasteiger charge is 2.35. The molecule has 3 nitrogen and oxygen atoms in total. The third-order valence-electron chi connectivity index (χ3n) is 5.90. The first-order valence-electron chi connectivity index (χ1n) is 9.06. The molecule has 2 rings (SSSR count). The number of nitrogens with two attached hydrogens (primary N) is 1. The monoisotopic (exact) mass is 294 g/mol. The van der Waals surface area contributed by atoms with Crippen molar-refractivity contribution in [1.29, 1.82) is 0 Å². The zero-order valence-corrected chi connectivity index (χ0v) is 14.0. The van der Waals surface area contributed by atoms with Crippen LogP contribution in [0.5, 0.6) is 0 Å². The van der Waals surface area contributed by atoms with E-state index in [0.717, 1.165) is 19.3 Å². The first kappa shape index (κ1) is 16.8. The second-order valence-corrected chi connectivity index (χ2v) is 7.81. The Morgan fingerprint density at radius 2 is 1.81 bits per heavy atom. The van der Waals surface area contributed by atoms with Crippen LogP contribution in [-0.2, 0) is 4.79 Å². The summed E-state index contributed by atoms with van der Waals surface area (Å²) in [7, 11) is 0. The van der Waals surface area contributed by atoms with E-state index in [1.807, 2.05) is 0 Å². The molecule has 2 fully saturated rings. The Morgan fingerprint density at radius 1 is 1.14 bits per heavy atom. The number of hydrogen-bond donors (Lipinski definition) is 2. The van der Waals surface area contributed by atoms with Gasteiger partial charge >= 0.3 is 0 Å². The summed E-state index contributed by atoms with van der Waals surface area (Å²) in [6.07, 6.45) is 11.7. The number of amides is 1. The van der Waals surface area contributed by atoms with Crippen LogP contribution in [0, 0.1) is 17.3 Å². The average Bonchev–Trinajstić information content (AvgIpc) is 2.48. The van der Waals surface area contributed by atoms with Crippen LogP contribution in [0.2, 0.25) is 0 Å². The van der Waals surface area contributed by atoms with Crippen LogP contribution in [0.4, 0.5) is 0 Å². The normalized spacial score (nSPS) is 29.3. The maximum atomic E-state index is 12.5. The molecule has 1 amide bonds. The Morgan fingerprint density at radius 3 is 2.43 bits per heavy atom. The lowest BCUT2D eigenvalue weighted by atomic mass is 9.71. The van der Waals surface area contributed by atoms with Gasteiger partial charge in [-0.1, -0.05) is 46.0 Å². The predicted octanol–water partition coefficient (Wildman–Crippen LogP) is 3.62. The van der Waals surface area contributed by atoms with E-state index in [1.165, 1.54) is 38.5 Å². The van der Waals surface area contributed by atoms with E-state index < -0.39 is 0 Å². The fourth-order valence-corrected chi connectivity index (χ4v) is 4.49. The highest BCUT2D eigenvalue weighted by Crippen LogP contribution is 2.38. The van der Waals surface area contributed by atoms with Gasteiger partial charge in [-0.2, -0.15) is 0 Å². The summed E-state index contributed by atoms with van der Waals surface area (Å²) >= 11 is 0. The standard InChI is InChI=1S/C18H34N2O/c1-14(2)15-8-4-5-9-16(15)20-17(21)12-18(13-19)10-6-3-7-11-18/h14-16H,3-13,19H2,1-2H3,(H,20,21). The van der Waals surface area contributed by atoms with E-state index in [1.54, 1.807) is 0 Å². The summed E-state index contributed by atoms with van der Waals surface area (Å²) in [5.74, 6) is 1.57. The van der Waals surface area contributed by atoms with Crippen molar-refractivity contribution in [2.24, 2.45) is 23.0 Å². The Balaban J connectivity index is 1.90. The SMILES string of the molecule is CC(C)C1CCCCC1NC(=O)CC1(CN)CCCCC1. The van der Waals surface area contributed by atoms with Crippen molar-refractivity contribution in [2.45, 2.75) is 84.1 Å². The van der Waals surface area contributed by atoms with Crippen molar-refractivity contribution in [3.8, 4) is 0 Å². The second-order valence-electron chi connectivity index (χ2n) is 7.81. The van der Waals surface area contributed by atoms with Gasteiger partial charge in [0.05, 0.1) is 0 Å². The van der Waals surface area contributed by atoms with Crippen LogP contribution in [0.15, 0.2) is 0 Å². The smallest absolute Gasteiger partial charge is 0.220 e. The molecule has 122 valence electrons. The minimum absolute atomic E-state index is 0.0876. The van der Waals surface area contributed by atoms with Gasteiger partial charge in [-0.25, -0.2) is 0 Å². The quantitative estimate of drug-likeness (QED) is 0.813. The van der Waals surface area contributed by atoms with Gasteiger partial charge in [-0.15, -0.1) is 0 Å². The maximum absolute atomic E-state index is 12.5. The van der Waals surface area contributed by atoms with Crippen molar-refractivity contribution < 1.29 is 4.79 Å². The molecule has 0 aromatic rings. The molecule has 0 aromatic carbocycles. The molecule has 0 bridgehead atoms. The molecular weight excluding hydrogens is 260 g/mol. The third kappa shape index (κ3) is 4.45. The first-order valence-corrected chi connectivity index (χ1v) is 9.06. The summed E-state index contributed by atoms with van der Waals surface area (Å²) in [4.78, 5) is 12.5. The van der Waals surface area contributed by atoms with Crippen molar-refractivity contribution >= 4 is 5.91 Å². The highest BCUT2D eigenvalue weighted by atomic mass is 16.1. The lowest BCUT2D eigenvalue weighted by Crippen LogP contribution is -2.46. The molecule has 0 spiro atoms. The van der Waals surface area contributed by atoms with Gasteiger partial charge in [0.15, 0.2) is 0 Å². The lowest BCUT2D eigenvalue weighted by molar-refractivity contribution is -0.125. The summed E-state index contributed by atoms with van der Waals surface area (Å²) in [5, 5.41) is 3.36. The molecule has 0 saturated heterocycles. The van der Waals surface area contributed by atoms with Crippen LogP contribution in [0.3, 0.4) is 0 Å². The zero-order chi connectivity index (χ0) is 15.3. The minimum Gasteiger partial charge on any atom is -0.353 e. The highest BCUT2D eigenvalue weighted by molar-refractivity contribution is 5.77. The van der Waals surface area contributed by atoms with Gasteiger partial charge in [0.25, 0.3) is 0 Å². The summed E-state index contributed by atoms with van der Waals surface area (Å²) in [5.41, 5.74) is 6.10. The van der Waals surface area contributed by atoms with E-state index in [-0.39, 0.29) is 11.3 Å². The van der Waals surface area contributed by atoms with Gasteiger partial charge < -0.3 is 11.1 Å². The van der Waals surface area contributed by atoms with Gasteiger partial charge in [-0.3, -0.25) is 4.79 Å². The van der Waals surface area contributed by atoms with Crippen molar-refractivity contribution in [3.05, 3.63) is 0 Å². The van der Waals surface area contributed by atoms with Crippen LogP contribution in [0.25, 0.3) is 0 Å². The van der Waals surface area contributed by atoms with E-state index in [4.69, 9.17) is 5.73 Å². The average molecular weight is 294 g/mol. The molecule has 2 atom stereocenters. The molecule has 2 saturated carbocycles. The molecule has 0 heterocycles. The molecule has 2 aliphatic carbocycles. The van der Waals surface area contributed by atoms with Crippen LogP contribution in [0.1, 0.15) is 78.1 Å². The van der Waals surface area contributed by atoms with Crippen molar-refractivity contribution in [1.82, 2.24) is 5.32 Å². The Hall–Kier alpha value is -0.570. The lowest BCUT2D eigenvalue weighted by Gasteiger charge is -2.38. The Kier molecular flexibility index (Phi) is 6.09. The van der Waals surface area contributed by atoms with Gasteiger partial charge in [0.2, 0.25) is 5.91 Å². The number of carbonyl (C=O) groups excluding carboxylic acids is 1. The van der Waals surface area contributed by atoms with E-state index >= 15 is 0 Å². The minimum atomic E-state index is 0.0876. The molecule has 0 radical (unpaired) electrons. The van der Waals surface area contributed by atoms with Gasteiger partial charge in [0, 0.05) is 12.5 Å². The fourth-order valence-electron chi connectivity index (χ4n) is 4.49. The van der Waals surface area contributed by atoms with Gasteiger partial charge in [-0.05, 0) is 49.5 Å². The summed E-state index contributed by atoms with van der Waals surface area (Å²) in [6.45, 7) is 5.24. The molecule has 3 N–H and O–H groups in total. The topological polar surface area (TPSA) is 55.1 Å². The Bertz CT molecular complexity index is 334. The van der Waals surface area contributed by atoms with E-state index in [0.29, 0.717) is 30.8 Å². The third-order valence-corrected chi connectivity index (χ3v) is 5.90. The number of hydrogen-bond acceptors (Lipinski definition) is 2. The van der Waals surface area contributed by atoms with Crippen molar-refractivity contribution in [3.63, 3.8) is 0 Å². The van der Waals surface area contributed by atoms with E-state index in [2.05, 4.69) is 19.2 Å². The number of nitrogens with one attached hydrogen (secondary N) is 1. The first-order chi connectivity index (χ1) is 10.1. The number of carbonyl (C=O) groups is 1. The van der Waals surface area contributed by atoms with E-state index in [9.17, 15) is 4.79 Å². The number of rotatable bonds is 5. The van der Waals surface area contributed by atoms with Crippen LogP contribution < -0.4 is 11.1 Å². The fraction of sp³-hybridized carbons (Fsp3) is 0.944. The molecule has 0 aromatic heterocycles. The van der Waals surface area contributed by atoms with Gasteiger partial charge in [0.1, 0.15) is 0 Å². The molecule has 21 heavy (non-hydrogen) atoms. The molecular formula is C18H34N2O. The molecule has 2 unspecified atom stereocenters. The summed E-state index contributed by atoms with van der Waals surface area (Å²) in [6, 6.07) is 0.393. The Labute approximate surface area is 130 Å². The molecule has 2 aliphatic rings. The zero-order valence-electron chi connectivity index (χ0n) is 14.0.